The minimum absolute atomic E-state index is 0.0622. The van der Waals surface area contributed by atoms with Crippen molar-refractivity contribution >= 4 is 12.0 Å². The molecule has 3 nitrogen and oxygen atoms in total. The quantitative estimate of drug-likeness (QED) is 0.594. The maximum absolute atomic E-state index is 14.0. The molecule has 0 aliphatic rings. The molecule has 0 aliphatic carbocycles. The molecule has 0 saturated carbocycles. The summed E-state index contributed by atoms with van der Waals surface area (Å²) >= 11 is 0. The van der Waals surface area contributed by atoms with E-state index >= 15 is 0 Å². The number of hydrogen-bond acceptors (Lipinski definition) is 3. The van der Waals surface area contributed by atoms with Crippen LogP contribution in [0, 0.1) is 11.6 Å². The highest BCUT2D eigenvalue weighted by molar-refractivity contribution is 5.87. The first-order chi connectivity index (χ1) is 11.1. The molecule has 23 heavy (non-hydrogen) atoms. The molecule has 0 aliphatic heterocycles. The van der Waals surface area contributed by atoms with Crippen molar-refractivity contribution in [1.29, 1.82) is 0 Å². The van der Waals surface area contributed by atoms with Gasteiger partial charge in [-0.25, -0.2) is 13.6 Å². The molecule has 0 heterocycles. The van der Waals surface area contributed by atoms with E-state index < -0.39 is 23.4 Å². The van der Waals surface area contributed by atoms with Crippen LogP contribution >= 0.6 is 0 Å². The van der Waals surface area contributed by atoms with Crippen LogP contribution in [0.1, 0.15) is 18.1 Å². The van der Waals surface area contributed by atoms with E-state index in [1.807, 2.05) is 18.2 Å². The number of esters is 1. The van der Waals surface area contributed by atoms with E-state index in [0.29, 0.717) is 0 Å². The number of hydrogen-bond donors (Lipinski definition) is 0. The Labute approximate surface area is 133 Å². The number of rotatable bonds is 6. The average molecular weight is 318 g/mol. The third-order valence-corrected chi connectivity index (χ3v) is 2.95. The van der Waals surface area contributed by atoms with Crippen LogP contribution in [0.4, 0.5) is 8.78 Å². The molecule has 2 rings (SSSR count). The van der Waals surface area contributed by atoms with E-state index in [1.165, 1.54) is 6.08 Å². The molecule has 0 saturated heterocycles. The summed E-state index contributed by atoms with van der Waals surface area (Å²) in [5, 5.41) is 0. The lowest BCUT2D eigenvalue weighted by Gasteiger charge is -2.09. The number of carbonyl (C=O) groups excluding carboxylic acids is 1. The molecular formula is C18H16F2O3. The van der Waals surface area contributed by atoms with Gasteiger partial charge in [-0.1, -0.05) is 30.3 Å². The molecule has 0 N–H and O–H groups in total. The molecule has 0 fully saturated rings. The lowest BCUT2D eigenvalue weighted by molar-refractivity contribution is -0.137. The maximum atomic E-state index is 14.0. The van der Waals surface area contributed by atoms with Crippen molar-refractivity contribution in [1.82, 2.24) is 0 Å². The van der Waals surface area contributed by atoms with Gasteiger partial charge in [0.05, 0.1) is 6.61 Å². The highest BCUT2D eigenvalue weighted by atomic mass is 19.1. The number of benzene rings is 2. The molecule has 0 atom stereocenters. The van der Waals surface area contributed by atoms with Crippen LogP contribution in [0.25, 0.3) is 6.08 Å². The van der Waals surface area contributed by atoms with Crippen molar-refractivity contribution < 1.29 is 23.0 Å². The number of carbonyl (C=O) groups is 1. The number of ether oxygens (including phenoxy) is 2. The van der Waals surface area contributed by atoms with Gasteiger partial charge in [-0.2, -0.15) is 0 Å². The van der Waals surface area contributed by atoms with Crippen molar-refractivity contribution in [3.05, 3.63) is 71.3 Å². The molecule has 2 aromatic carbocycles. The van der Waals surface area contributed by atoms with E-state index in [-0.39, 0.29) is 18.8 Å². The first-order valence-corrected chi connectivity index (χ1v) is 7.10. The second-order valence-corrected chi connectivity index (χ2v) is 4.67. The standard InChI is InChI=1S/C18H16F2O3/c1-2-22-17(21)9-8-14-10-15(19)18(16(20)11-14)23-12-13-6-4-3-5-7-13/h3-11H,2,12H2,1H3. The van der Waals surface area contributed by atoms with Gasteiger partial charge in [0.15, 0.2) is 17.4 Å². The second-order valence-electron chi connectivity index (χ2n) is 4.67. The molecule has 0 radical (unpaired) electrons. The van der Waals surface area contributed by atoms with Gasteiger partial charge in [0, 0.05) is 6.08 Å². The summed E-state index contributed by atoms with van der Waals surface area (Å²) in [6, 6.07) is 11.3. The Kier molecular flexibility index (Phi) is 5.86. The Bertz CT molecular complexity index is 674. The average Bonchev–Trinajstić information content (AvgIpc) is 2.53. The lowest BCUT2D eigenvalue weighted by atomic mass is 10.2. The van der Waals surface area contributed by atoms with E-state index in [4.69, 9.17) is 9.47 Å². The van der Waals surface area contributed by atoms with Gasteiger partial charge in [0.2, 0.25) is 0 Å². The summed E-state index contributed by atoms with van der Waals surface area (Å²) in [4.78, 5) is 11.2. The molecule has 5 heteroatoms. The Balaban J connectivity index is 2.09. The SMILES string of the molecule is CCOC(=O)C=Cc1cc(F)c(OCc2ccccc2)c(F)c1. The molecule has 2 aromatic rings. The van der Waals surface area contributed by atoms with E-state index in [0.717, 1.165) is 23.8 Å². The van der Waals surface area contributed by atoms with Gasteiger partial charge in [0.1, 0.15) is 6.61 Å². The highest BCUT2D eigenvalue weighted by Crippen LogP contribution is 2.25. The van der Waals surface area contributed by atoms with Crippen LogP contribution in [-0.2, 0) is 16.1 Å². The largest absolute Gasteiger partial charge is 0.483 e. The molecule has 0 aromatic heterocycles. The summed E-state index contributed by atoms with van der Waals surface area (Å²) in [6.45, 7) is 1.97. The monoisotopic (exact) mass is 318 g/mol. The minimum atomic E-state index is -0.829. The molecule has 0 amide bonds. The van der Waals surface area contributed by atoms with Gasteiger partial charge < -0.3 is 9.47 Å². The third-order valence-electron chi connectivity index (χ3n) is 2.95. The van der Waals surface area contributed by atoms with Crippen LogP contribution in [0.15, 0.2) is 48.5 Å². The Hall–Kier alpha value is -2.69. The number of halogens is 2. The van der Waals surface area contributed by atoms with Gasteiger partial charge in [0.25, 0.3) is 0 Å². The Morgan fingerprint density at radius 2 is 1.78 bits per heavy atom. The van der Waals surface area contributed by atoms with Crippen LogP contribution in [0.5, 0.6) is 5.75 Å². The first kappa shape index (κ1) is 16.7. The van der Waals surface area contributed by atoms with Crippen molar-refractivity contribution in [2.24, 2.45) is 0 Å². The Morgan fingerprint density at radius 3 is 2.39 bits per heavy atom. The van der Waals surface area contributed by atoms with Gasteiger partial charge in [-0.05, 0) is 36.3 Å². The fourth-order valence-electron chi connectivity index (χ4n) is 1.90. The zero-order valence-electron chi connectivity index (χ0n) is 12.6. The van der Waals surface area contributed by atoms with Crippen molar-refractivity contribution in [3.8, 4) is 5.75 Å². The second kappa shape index (κ2) is 8.08. The van der Waals surface area contributed by atoms with Crippen LogP contribution in [0.3, 0.4) is 0 Å². The van der Waals surface area contributed by atoms with Crippen LogP contribution < -0.4 is 4.74 Å². The van der Waals surface area contributed by atoms with E-state index in [9.17, 15) is 13.6 Å². The zero-order chi connectivity index (χ0) is 16.7. The molecular weight excluding hydrogens is 302 g/mol. The van der Waals surface area contributed by atoms with Crippen molar-refractivity contribution in [2.45, 2.75) is 13.5 Å². The van der Waals surface area contributed by atoms with Gasteiger partial charge >= 0.3 is 5.97 Å². The first-order valence-electron chi connectivity index (χ1n) is 7.10. The highest BCUT2D eigenvalue weighted by Gasteiger charge is 2.12. The fourth-order valence-corrected chi connectivity index (χ4v) is 1.90. The van der Waals surface area contributed by atoms with E-state index in [1.54, 1.807) is 19.1 Å². The van der Waals surface area contributed by atoms with Gasteiger partial charge in [-0.15, -0.1) is 0 Å². The lowest BCUT2D eigenvalue weighted by Crippen LogP contribution is -2.01. The smallest absolute Gasteiger partial charge is 0.330 e. The third kappa shape index (κ3) is 4.92. The van der Waals surface area contributed by atoms with E-state index in [2.05, 4.69) is 0 Å². The van der Waals surface area contributed by atoms with Gasteiger partial charge in [-0.3, -0.25) is 0 Å². The van der Waals surface area contributed by atoms with Crippen molar-refractivity contribution in [2.75, 3.05) is 6.61 Å². The normalized spacial score (nSPS) is 10.7. The molecule has 0 unspecified atom stereocenters. The molecule has 0 spiro atoms. The predicted molar refractivity (Wildman–Crippen MR) is 82.8 cm³/mol. The predicted octanol–water partition coefficient (Wildman–Crippen LogP) is 4.12. The summed E-state index contributed by atoms with van der Waals surface area (Å²) in [5.74, 6) is -2.67. The van der Waals surface area contributed by atoms with Crippen molar-refractivity contribution in [3.63, 3.8) is 0 Å². The Morgan fingerprint density at radius 1 is 1.13 bits per heavy atom. The zero-order valence-corrected chi connectivity index (χ0v) is 12.6. The summed E-state index contributed by atoms with van der Waals surface area (Å²) in [6.07, 6.45) is 2.40. The molecule has 0 bridgehead atoms. The topological polar surface area (TPSA) is 35.5 Å². The van der Waals surface area contributed by atoms with Crippen LogP contribution in [-0.4, -0.2) is 12.6 Å². The summed E-state index contributed by atoms with van der Waals surface area (Å²) in [7, 11) is 0. The molecule has 120 valence electrons. The van der Waals surface area contributed by atoms with Crippen LogP contribution in [0.2, 0.25) is 0 Å². The minimum Gasteiger partial charge on any atom is -0.483 e. The maximum Gasteiger partial charge on any atom is 0.330 e. The summed E-state index contributed by atoms with van der Waals surface area (Å²) < 4.78 is 37.8. The summed E-state index contributed by atoms with van der Waals surface area (Å²) in [5.41, 5.74) is 1.01. The fraction of sp³-hybridized carbons (Fsp3) is 0.167.